The smallest absolute Gasteiger partial charge is 0.323 e. The third-order valence-electron chi connectivity index (χ3n) is 2.33. The Morgan fingerprint density at radius 1 is 1.36 bits per heavy atom. The summed E-state index contributed by atoms with van der Waals surface area (Å²) in [6, 6.07) is 0. The fourth-order valence-corrected chi connectivity index (χ4v) is 1.26. The van der Waals surface area contributed by atoms with E-state index in [1.165, 1.54) is 0 Å². The van der Waals surface area contributed by atoms with Gasteiger partial charge in [0.1, 0.15) is 5.54 Å². The van der Waals surface area contributed by atoms with E-state index in [2.05, 4.69) is 0 Å². The molecule has 3 N–H and O–H groups in total. The van der Waals surface area contributed by atoms with Crippen molar-refractivity contribution < 1.29 is 20.1 Å². The molecule has 0 aromatic heterocycles. The number of carboxylic acids is 1. The van der Waals surface area contributed by atoms with Crippen LogP contribution in [0.4, 0.5) is 0 Å². The molecule has 0 aromatic carbocycles. The number of carbonyl (C=O) groups is 1. The van der Waals surface area contributed by atoms with Gasteiger partial charge in [0.15, 0.2) is 0 Å². The Bertz CT molecular complexity index is 180. The summed E-state index contributed by atoms with van der Waals surface area (Å²) >= 11 is 0. The zero-order chi connectivity index (χ0) is 9.19. The second kappa shape index (κ2) is 6.19. The highest BCUT2D eigenvalue weighted by atomic mass is 35.5. The molecule has 0 radical (unpaired) electrons. The highest BCUT2D eigenvalue weighted by molar-refractivity contribution is 5.85. The zero-order valence-electron chi connectivity index (χ0n) is 8.45. The van der Waals surface area contributed by atoms with Crippen molar-refractivity contribution in [2.24, 2.45) is 0 Å². The highest BCUT2D eigenvalue weighted by Crippen LogP contribution is 2.15. The second-order valence-corrected chi connectivity index (χ2v) is 3.46. The maximum absolute atomic E-state index is 10.8. The molecule has 1 aliphatic heterocycles. The fourth-order valence-electron chi connectivity index (χ4n) is 1.26. The van der Waals surface area contributed by atoms with E-state index in [0.717, 1.165) is 0 Å². The summed E-state index contributed by atoms with van der Waals surface area (Å²) < 4.78 is 5.14. The van der Waals surface area contributed by atoms with Crippen molar-refractivity contribution in [1.29, 1.82) is 0 Å². The minimum Gasteiger partial charge on any atom is -0.480 e. The van der Waals surface area contributed by atoms with Gasteiger partial charge in [-0.15, -0.1) is 12.4 Å². The fraction of sp³-hybridized carbons (Fsp3) is 0.875. The van der Waals surface area contributed by atoms with Crippen molar-refractivity contribution in [2.75, 3.05) is 26.3 Å². The molecule has 5 nitrogen and oxygen atoms in total. The van der Waals surface area contributed by atoms with Crippen LogP contribution in [0.2, 0.25) is 0 Å². The highest BCUT2D eigenvalue weighted by Gasteiger charge is 2.35. The van der Waals surface area contributed by atoms with E-state index in [1.54, 1.807) is 13.8 Å². The lowest BCUT2D eigenvalue weighted by Crippen LogP contribution is -2.54. The molecule has 0 aliphatic carbocycles. The van der Waals surface area contributed by atoms with E-state index >= 15 is 0 Å². The van der Waals surface area contributed by atoms with Crippen molar-refractivity contribution in [3.8, 4) is 0 Å². The lowest BCUT2D eigenvalue weighted by atomic mass is 10.0. The van der Waals surface area contributed by atoms with Crippen LogP contribution in [-0.4, -0.2) is 53.3 Å². The number of nitrogens with zero attached hydrogens (tertiary/aromatic N) is 1. The van der Waals surface area contributed by atoms with Crippen LogP contribution in [0.1, 0.15) is 13.8 Å². The summed E-state index contributed by atoms with van der Waals surface area (Å²) in [6.45, 7) is 6.13. The standard InChI is InChI=1S/C8H15NO3.ClH.H2O/c1-8(2,7(10)11)9-3-5-12-6-4-9;;/h3-6H2,1-2H3,(H,10,11);1H;1H2. The summed E-state index contributed by atoms with van der Waals surface area (Å²) in [6.07, 6.45) is 0. The van der Waals surface area contributed by atoms with Crippen molar-refractivity contribution >= 4 is 18.4 Å². The predicted molar refractivity (Wildman–Crippen MR) is 55.0 cm³/mol. The minimum atomic E-state index is -0.774. The number of halogens is 1. The molecule has 1 heterocycles. The topological polar surface area (TPSA) is 81.3 Å². The predicted octanol–water partition coefficient (Wildman–Crippen LogP) is -0.221. The Kier molecular flexibility index (Phi) is 7.11. The third kappa shape index (κ3) is 3.42. The van der Waals surface area contributed by atoms with Gasteiger partial charge in [-0.3, -0.25) is 9.69 Å². The van der Waals surface area contributed by atoms with E-state index in [1.807, 2.05) is 4.90 Å². The molecule has 14 heavy (non-hydrogen) atoms. The van der Waals surface area contributed by atoms with Crippen LogP contribution in [0.5, 0.6) is 0 Å². The first-order chi connectivity index (χ1) is 5.55. The normalized spacial score (nSPS) is 17.9. The first-order valence-electron chi connectivity index (χ1n) is 4.11. The van der Waals surface area contributed by atoms with Crippen LogP contribution in [0.25, 0.3) is 0 Å². The Hall–Kier alpha value is -0.360. The molecule has 86 valence electrons. The molecule has 0 unspecified atom stereocenters. The minimum absolute atomic E-state index is 0. The van der Waals surface area contributed by atoms with Crippen LogP contribution < -0.4 is 0 Å². The number of hydrogen-bond donors (Lipinski definition) is 1. The van der Waals surface area contributed by atoms with Crippen molar-refractivity contribution in [3.63, 3.8) is 0 Å². The lowest BCUT2D eigenvalue weighted by molar-refractivity contribution is -0.152. The van der Waals surface area contributed by atoms with E-state index in [9.17, 15) is 4.79 Å². The molecule has 0 amide bonds. The summed E-state index contributed by atoms with van der Waals surface area (Å²) in [7, 11) is 0. The molecule has 0 bridgehead atoms. The quantitative estimate of drug-likeness (QED) is 0.707. The largest absolute Gasteiger partial charge is 0.480 e. The van der Waals surface area contributed by atoms with Crippen LogP contribution >= 0.6 is 12.4 Å². The second-order valence-electron chi connectivity index (χ2n) is 3.46. The Morgan fingerprint density at radius 3 is 2.14 bits per heavy atom. The number of ether oxygens (including phenoxy) is 1. The summed E-state index contributed by atoms with van der Waals surface area (Å²) in [4.78, 5) is 12.8. The number of morpholine rings is 1. The number of hydrogen-bond acceptors (Lipinski definition) is 3. The lowest BCUT2D eigenvalue weighted by Gasteiger charge is -2.37. The zero-order valence-corrected chi connectivity index (χ0v) is 9.26. The molecule has 0 aromatic rings. The van der Waals surface area contributed by atoms with Gasteiger partial charge in [0, 0.05) is 13.1 Å². The van der Waals surface area contributed by atoms with Gasteiger partial charge in [0.25, 0.3) is 0 Å². The molecule has 6 heteroatoms. The molecule has 0 spiro atoms. The number of carboxylic acid groups (broad SMARTS) is 1. The van der Waals surface area contributed by atoms with E-state index in [4.69, 9.17) is 9.84 Å². The van der Waals surface area contributed by atoms with E-state index < -0.39 is 11.5 Å². The van der Waals surface area contributed by atoms with Gasteiger partial charge in [-0.05, 0) is 13.8 Å². The molecule has 1 rings (SSSR count). The Labute approximate surface area is 89.8 Å². The number of rotatable bonds is 2. The average Bonchev–Trinajstić information content (AvgIpc) is 2.06. The molecular weight excluding hydrogens is 210 g/mol. The van der Waals surface area contributed by atoms with Gasteiger partial charge in [0.2, 0.25) is 0 Å². The molecular formula is C8H18ClNO4. The first-order valence-corrected chi connectivity index (χ1v) is 4.11. The van der Waals surface area contributed by atoms with Crippen LogP contribution in [0.15, 0.2) is 0 Å². The maximum Gasteiger partial charge on any atom is 0.323 e. The van der Waals surface area contributed by atoms with E-state index in [-0.39, 0.29) is 17.9 Å². The van der Waals surface area contributed by atoms with Crippen molar-refractivity contribution in [1.82, 2.24) is 4.90 Å². The molecule has 0 saturated carbocycles. The van der Waals surface area contributed by atoms with Crippen LogP contribution in [0, 0.1) is 0 Å². The molecule has 1 aliphatic rings. The van der Waals surface area contributed by atoms with Crippen molar-refractivity contribution in [3.05, 3.63) is 0 Å². The summed E-state index contributed by atoms with van der Waals surface area (Å²) in [5, 5.41) is 8.91. The van der Waals surface area contributed by atoms with Crippen LogP contribution in [-0.2, 0) is 9.53 Å². The van der Waals surface area contributed by atoms with Gasteiger partial charge in [0.05, 0.1) is 13.2 Å². The average molecular weight is 228 g/mol. The van der Waals surface area contributed by atoms with Crippen LogP contribution in [0.3, 0.4) is 0 Å². The third-order valence-corrected chi connectivity index (χ3v) is 2.33. The summed E-state index contributed by atoms with van der Waals surface area (Å²) in [5.74, 6) is -0.774. The first kappa shape index (κ1) is 16.1. The van der Waals surface area contributed by atoms with Gasteiger partial charge in [-0.1, -0.05) is 0 Å². The molecule has 0 atom stereocenters. The Morgan fingerprint density at radius 2 is 1.79 bits per heavy atom. The van der Waals surface area contributed by atoms with E-state index in [0.29, 0.717) is 26.3 Å². The SMILES string of the molecule is CC(C)(C(=O)O)N1CCOCC1.Cl.O. The van der Waals surface area contributed by atoms with Gasteiger partial charge >= 0.3 is 5.97 Å². The van der Waals surface area contributed by atoms with Gasteiger partial charge in [-0.2, -0.15) is 0 Å². The van der Waals surface area contributed by atoms with Crippen molar-refractivity contribution in [2.45, 2.75) is 19.4 Å². The van der Waals surface area contributed by atoms with Gasteiger partial charge < -0.3 is 15.3 Å². The van der Waals surface area contributed by atoms with Gasteiger partial charge in [-0.25, -0.2) is 0 Å². The number of aliphatic carboxylic acids is 1. The maximum atomic E-state index is 10.8. The Balaban J connectivity index is 0. The molecule has 1 fully saturated rings. The molecule has 1 saturated heterocycles. The monoisotopic (exact) mass is 227 g/mol. The summed E-state index contributed by atoms with van der Waals surface area (Å²) in [5.41, 5.74) is -0.760.